The van der Waals surface area contributed by atoms with Crippen molar-refractivity contribution in [2.75, 3.05) is 13.2 Å². The van der Waals surface area contributed by atoms with Crippen LogP contribution in [0.15, 0.2) is 29.2 Å². The molecule has 0 aromatic heterocycles. The first-order valence-corrected chi connectivity index (χ1v) is 6.79. The van der Waals surface area contributed by atoms with Crippen LogP contribution in [0.2, 0.25) is 0 Å². The van der Waals surface area contributed by atoms with Crippen molar-refractivity contribution in [3.05, 3.63) is 29.8 Å². The van der Waals surface area contributed by atoms with E-state index in [9.17, 15) is 4.79 Å². The zero-order valence-corrected chi connectivity index (χ0v) is 11.5. The van der Waals surface area contributed by atoms with Gasteiger partial charge in [-0.1, -0.05) is 0 Å². The van der Waals surface area contributed by atoms with Crippen molar-refractivity contribution in [3.63, 3.8) is 0 Å². The van der Waals surface area contributed by atoms with Crippen LogP contribution in [0.1, 0.15) is 30.1 Å². The third-order valence-electron chi connectivity index (χ3n) is 3.46. The number of hydrogen-bond acceptors (Lipinski definition) is 3. The van der Waals surface area contributed by atoms with Gasteiger partial charge in [0.05, 0.1) is 0 Å². The van der Waals surface area contributed by atoms with Crippen LogP contribution in [0, 0.1) is 5.92 Å². The van der Waals surface area contributed by atoms with E-state index in [-0.39, 0.29) is 11.9 Å². The number of carbonyl (C=O) groups is 1. The van der Waals surface area contributed by atoms with E-state index >= 15 is 0 Å². The lowest BCUT2D eigenvalue weighted by molar-refractivity contribution is 0.0538. The maximum absolute atomic E-state index is 12.0. The third kappa shape index (κ3) is 3.50. The van der Waals surface area contributed by atoms with E-state index < -0.39 is 0 Å². The second kappa shape index (κ2) is 6.25. The quantitative estimate of drug-likeness (QED) is 0.824. The topological polar surface area (TPSA) is 38.3 Å². The Labute approximate surface area is 113 Å². The summed E-state index contributed by atoms with van der Waals surface area (Å²) in [6, 6.07) is 7.45. The molecule has 1 saturated heterocycles. The van der Waals surface area contributed by atoms with E-state index in [0.29, 0.717) is 11.5 Å². The Balaban J connectivity index is 1.91. The summed E-state index contributed by atoms with van der Waals surface area (Å²) in [5, 5.41) is 3.07. The first-order valence-electron chi connectivity index (χ1n) is 6.34. The first kappa shape index (κ1) is 13.4. The highest BCUT2D eigenvalue weighted by molar-refractivity contribution is 7.80. The molecular formula is C14H19NO2S. The average Bonchev–Trinajstić information content (AvgIpc) is 2.40. The lowest BCUT2D eigenvalue weighted by Gasteiger charge is -2.28. The van der Waals surface area contributed by atoms with Crippen LogP contribution in [0.4, 0.5) is 0 Å². The Morgan fingerprint density at radius 3 is 2.56 bits per heavy atom. The SMILES string of the molecule is CC(NC(=O)c1ccc(S)cc1)C1CCOCC1. The van der Waals surface area contributed by atoms with Gasteiger partial charge in [0.15, 0.2) is 0 Å². The normalized spacial score (nSPS) is 18.3. The molecule has 98 valence electrons. The predicted molar refractivity (Wildman–Crippen MR) is 74.2 cm³/mol. The Bertz CT molecular complexity index is 399. The van der Waals surface area contributed by atoms with E-state index in [2.05, 4.69) is 24.9 Å². The highest BCUT2D eigenvalue weighted by Crippen LogP contribution is 2.19. The molecule has 3 nitrogen and oxygen atoms in total. The maximum Gasteiger partial charge on any atom is 0.251 e. The van der Waals surface area contributed by atoms with Crippen molar-refractivity contribution >= 4 is 18.5 Å². The minimum atomic E-state index is -0.0117. The van der Waals surface area contributed by atoms with Gasteiger partial charge in [-0.3, -0.25) is 4.79 Å². The summed E-state index contributed by atoms with van der Waals surface area (Å²) in [5.74, 6) is 0.508. The molecule has 0 saturated carbocycles. The molecule has 1 aromatic carbocycles. The van der Waals surface area contributed by atoms with E-state index in [4.69, 9.17) is 4.74 Å². The van der Waals surface area contributed by atoms with Crippen LogP contribution in [0.25, 0.3) is 0 Å². The van der Waals surface area contributed by atoms with Gasteiger partial charge < -0.3 is 10.1 Å². The summed E-state index contributed by atoms with van der Waals surface area (Å²) in [6.45, 7) is 3.68. The number of benzene rings is 1. The molecule has 18 heavy (non-hydrogen) atoms. The Kier molecular flexibility index (Phi) is 4.66. The molecule has 1 amide bonds. The van der Waals surface area contributed by atoms with Crippen LogP contribution < -0.4 is 5.32 Å². The number of rotatable bonds is 3. The molecule has 1 aliphatic heterocycles. The molecule has 1 unspecified atom stereocenters. The van der Waals surface area contributed by atoms with Crippen LogP contribution in [0.3, 0.4) is 0 Å². The molecule has 0 spiro atoms. The molecular weight excluding hydrogens is 246 g/mol. The molecule has 0 aliphatic carbocycles. The summed E-state index contributed by atoms with van der Waals surface area (Å²) in [7, 11) is 0. The largest absolute Gasteiger partial charge is 0.381 e. The lowest BCUT2D eigenvalue weighted by atomic mass is 9.93. The molecule has 0 bridgehead atoms. The summed E-state index contributed by atoms with van der Waals surface area (Å²) < 4.78 is 5.33. The first-order chi connectivity index (χ1) is 8.66. The fourth-order valence-electron chi connectivity index (χ4n) is 2.24. The van der Waals surface area contributed by atoms with Crippen molar-refractivity contribution in [1.82, 2.24) is 5.32 Å². The fourth-order valence-corrected chi connectivity index (χ4v) is 2.39. The van der Waals surface area contributed by atoms with Crippen LogP contribution >= 0.6 is 12.6 Å². The summed E-state index contributed by atoms with van der Waals surface area (Å²) in [5.41, 5.74) is 0.687. The van der Waals surface area contributed by atoms with E-state index in [1.165, 1.54) is 0 Å². The van der Waals surface area contributed by atoms with Crippen molar-refractivity contribution in [3.8, 4) is 0 Å². The molecule has 4 heteroatoms. The molecule has 1 aromatic rings. The maximum atomic E-state index is 12.0. The molecule has 0 radical (unpaired) electrons. The predicted octanol–water partition coefficient (Wildman–Crippen LogP) is 2.52. The van der Waals surface area contributed by atoms with Crippen LogP contribution in [0.5, 0.6) is 0 Å². The van der Waals surface area contributed by atoms with Crippen molar-refractivity contribution in [1.29, 1.82) is 0 Å². The highest BCUT2D eigenvalue weighted by Gasteiger charge is 2.22. The monoisotopic (exact) mass is 265 g/mol. The number of nitrogens with one attached hydrogen (secondary N) is 1. The fraction of sp³-hybridized carbons (Fsp3) is 0.500. The Morgan fingerprint density at radius 1 is 1.33 bits per heavy atom. The Hall–Kier alpha value is -1.00. The number of thiol groups is 1. The molecule has 1 atom stereocenters. The van der Waals surface area contributed by atoms with E-state index in [1.54, 1.807) is 12.1 Å². The van der Waals surface area contributed by atoms with Gasteiger partial charge in [0.25, 0.3) is 5.91 Å². The van der Waals surface area contributed by atoms with E-state index in [0.717, 1.165) is 31.0 Å². The smallest absolute Gasteiger partial charge is 0.251 e. The zero-order valence-electron chi connectivity index (χ0n) is 10.6. The summed E-state index contributed by atoms with van der Waals surface area (Å²) in [4.78, 5) is 12.9. The van der Waals surface area contributed by atoms with Gasteiger partial charge in [0.2, 0.25) is 0 Å². The molecule has 1 heterocycles. The van der Waals surface area contributed by atoms with Crippen molar-refractivity contribution in [2.45, 2.75) is 30.7 Å². The lowest BCUT2D eigenvalue weighted by Crippen LogP contribution is -2.40. The third-order valence-corrected chi connectivity index (χ3v) is 3.76. The molecule has 1 aliphatic rings. The highest BCUT2D eigenvalue weighted by atomic mass is 32.1. The number of ether oxygens (including phenoxy) is 1. The van der Waals surface area contributed by atoms with Gasteiger partial charge in [-0.05, 0) is 49.9 Å². The summed E-state index contributed by atoms with van der Waals surface area (Å²) >= 11 is 4.21. The van der Waals surface area contributed by atoms with Gasteiger partial charge in [-0.15, -0.1) is 12.6 Å². The van der Waals surface area contributed by atoms with Gasteiger partial charge >= 0.3 is 0 Å². The van der Waals surface area contributed by atoms with Crippen molar-refractivity contribution in [2.24, 2.45) is 5.92 Å². The number of hydrogen-bond donors (Lipinski definition) is 2. The summed E-state index contributed by atoms with van der Waals surface area (Å²) in [6.07, 6.45) is 2.05. The van der Waals surface area contributed by atoms with Gasteiger partial charge in [-0.2, -0.15) is 0 Å². The van der Waals surface area contributed by atoms with Gasteiger partial charge in [-0.25, -0.2) is 0 Å². The average molecular weight is 265 g/mol. The van der Waals surface area contributed by atoms with Gasteiger partial charge in [0, 0.05) is 29.7 Å². The van der Waals surface area contributed by atoms with Crippen LogP contribution in [-0.4, -0.2) is 25.2 Å². The van der Waals surface area contributed by atoms with E-state index in [1.807, 2.05) is 12.1 Å². The second-order valence-corrected chi connectivity index (χ2v) is 5.28. The Morgan fingerprint density at radius 2 is 1.94 bits per heavy atom. The molecule has 1 N–H and O–H groups in total. The molecule has 1 fully saturated rings. The van der Waals surface area contributed by atoms with Gasteiger partial charge in [0.1, 0.15) is 0 Å². The molecule has 2 rings (SSSR count). The second-order valence-electron chi connectivity index (χ2n) is 4.76. The standard InChI is InChI=1S/C14H19NO2S/c1-10(11-6-8-17-9-7-11)15-14(16)12-2-4-13(18)5-3-12/h2-5,10-11,18H,6-9H2,1H3,(H,15,16). The number of amides is 1. The zero-order chi connectivity index (χ0) is 13.0. The number of carbonyl (C=O) groups excluding carboxylic acids is 1. The van der Waals surface area contributed by atoms with Crippen LogP contribution in [-0.2, 0) is 4.74 Å². The minimum Gasteiger partial charge on any atom is -0.381 e. The van der Waals surface area contributed by atoms with Crippen molar-refractivity contribution < 1.29 is 9.53 Å². The minimum absolute atomic E-state index is 0.0117.